The number of aromatic nitrogens is 2. The van der Waals surface area contributed by atoms with Gasteiger partial charge >= 0.3 is 5.97 Å². The molecule has 1 heterocycles. The zero-order valence-electron chi connectivity index (χ0n) is 8.05. The number of carboxylic acid groups (broad SMARTS) is 1. The molecule has 1 rings (SSSR count). The Kier molecular flexibility index (Phi) is 3.84. The molecule has 0 aromatic carbocycles. The van der Waals surface area contributed by atoms with E-state index in [-0.39, 0.29) is 6.54 Å². The Morgan fingerprint density at radius 2 is 2.43 bits per heavy atom. The van der Waals surface area contributed by atoms with E-state index in [4.69, 9.17) is 5.11 Å². The average Bonchev–Trinajstić information content (AvgIpc) is 2.18. The molecular formula is C9H13N3O2. The lowest BCUT2D eigenvalue weighted by atomic mass is 10.4. The van der Waals surface area contributed by atoms with Crippen molar-refractivity contribution >= 4 is 11.8 Å². The molecule has 0 aliphatic rings. The van der Waals surface area contributed by atoms with E-state index < -0.39 is 5.97 Å². The van der Waals surface area contributed by atoms with Gasteiger partial charge in [0.15, 0.2) is 5.82 Å². The molecule has 0 bridgehead atoms. The van der Waals surface area contributed by atoms with Crippen LogP contribution in [0.5, 0.6) is 0 Å². The molecule has 0 radical (unpaired) electrons. The summed E-state index contributed by atoms with van der Waals surface area (Å²) in [5.41, 5.74) is 0. The van der Waals surface area contributed by atoms with Crippen molar-refractivity contribution in [1.29, 1.82) is 0 Å². The summed E-state index contributed by atoms with van der Waals surface area (Å²) < 4.78 is 0. The molecule has 76 valence electrons. The van der Waals surface area contributed by atoms with Crippen molar-refractivity contribution in [1.82, 2.24) is 10.2 Å². The van der Waals surface area contributed by atoms with Crippen LogP contribution in [0.25, 0.3) is 0 Å². The van der Waals surface area contributed by atoms with Crippen molar-refractivity contribution in [2.75, 3.05) is 18.0 Å². The Morgan fingerprint density at radius 3 is 2.93 bits per heavy atom. The molecule has 0 saturated heterocycles. The number of anilines is 1. The van der Waals surface area contributed by atoms with E-state index in [1.165, 1.54) is 0 Å². The van der Waals surface area contributed by atoms with E-state index in [0.717, 1.165) is 6.42 Å². The van der Waals surface area contributed by atoms with Crippen LogP contribution in [0.4, 0.5) is 5.82 Å². The summed E-state index contributed by atoms with van der Waals surface area (Å²) in [6.07, 6.45) is 2.44. The van der Waals surface area contributed by atoms with Crippen molar-refractivity contribution in [3.8, 4) is 0 Å². The number of aliphatic carboxylic acids is 1. The van der Waals surface area contributed by atoms with Gasteiger partial charge in [-0.3, -0.25) is 4.79 Å². The van der Waals surface area contributed by atoms with Crippen LogP contribution < -0.4 is 4.90 Å². The fourth-order valence-corrected chi connectivity index (χ4v) is 1.17. The van der Waals surface area contributed by atoms with Gasteiger partial charge in [-0.2, -0.15) is 5.10 Å². The van der Waals surface area contributed by atoms with Crippen molar-refractivity contribution in [2.45, 2.75) is 13.3 Å². The van der Waals surface area contributed by atoms with Gasteiger partial charge in [0.2, 0.25) is 0 Å². The molecule has 1 N–H and O–H groups in total. The van der Waals surface area contributed by atoms with Crippen LogP contribution >= 0.6 is 0 Å². The summed E-state index contributed by atoms with van der Waals surface area (Å²) in [6, 6.07) is 3.50. The van der Waals surface area contributed by atoms with Crippen LogP contribution in [0.3, 0.4) is 0 Å². The van der Waals surface area contributed by atoms with Crippen LogP contribution in [0.15, 0.2) is 18.3 Å². The molecule has 5 heteroatoms. The Balaban J connectivity index is 2.72. The zero-order chi connectivity index (χ0) is 10.4. The molecule has 0 aliphatic heterocycles. The Morgan fingerprint density at radius 1 is 1.64 bits per heavy atom. The first-order chi connectivity index (χ1) is 6.74. The van der Waals surface area contributed by atoms with Gasteiger partial charge in [-0.25, -0.2) is 0 Å². The Bertz CT molecular complexity index is 289. The molecule has 5 nitrogen and oxygen atoms in total. The molecule has 1 aromatic heterocycles. The lowest BCUT2D eigenvalue weighted by molar-refractivity contribution is -0.135. The topological polar surface area (TPSA) is 66.3 Å². The lowest BCUT2D eigenvalue weighted by Gasteiger charge is -2.19. The van der Waals surface area contributed by atoms with Crippen LogP contribution in [0, 0.1) is 0 Å². The van der Waals surface area contributed by atoms with E-state index in [2.05, 4.69) is 10.2 Å². The second-order valence-electron chi connectivity index (χ2n) is 2.90. The van der Waals surface area contributed by atoms with Crippen molar-refractivity contribution in [2.24, 2.45) is 0 Å². The molecule has 0 saturated carbocycles. The number of carbonyl (C=O) groups is 1. The summed E-state index contributed by atoms with van der Waals surface area (Å²) in [6.45, 7) is 2.63. The average molecular weight is 195 g/mol. The maximum atomic E-state index is 10.6. The number of hydrogen-bond donors (Lipinski definition) is 1. The van der Waals surface area contributed by atoms with E-state index in [0.29, 0.717) is 12.4 Å². The number of nitrogens with zero attached hydrogens (tertiary/aromatic N) is 3. The maximum Gasteiger partial charge on any atom is 0.323 e. The summed E-state index contributed by atoms with van der Waals surface area (Å²) in [5.74, 6) is -0.249. The third-order valence-corrected chi connectivity index (χ3v) is 1.70. The summed E-state index contributed by atoms with van der Waals surface area (Å²) >= 11 is 0. The molecular weight excluding hydrogens is 182 g/mol. The van der Waals surface area contributed by atoms with Gasteiger partial charge in [0.1, 0.15) is 6.54 Å². The molecule has 14 heavy (non-hydrogen) atoms. The number of hydrogen-bond acceptors (Lipinski definition) is 4. The molecule has 0 amide bonds. The fourth-order valence-electron chi connectivity index (χ4n) is 1.17. The standard InChI is InChI=1S/C9H13N3O2/c1-2-6-12(7-9(13)14)8-4-3-5-10-11-8/h3-5H,2,6-7H2,1H3,(H,13,14). The number of carboxylic acids is 1. The number of rotatable bonds is 5. The van der Waals surface area contributed by atoms with Crippen molar-refractivity contribution < 1.29 is 9.90 Å². The molecule has 0 fully saturated rings. The van der Waals surface area contributed by atoms with Crippen molar-refractivity contribution in [3.63, 3.8) is 0 Å². The molecule has 1 aromatic rings. The van der Waals surface area contributed by atoms with Crippen molar-refractivity contribution in [3.05, 3.63) is 18.3 Å². The van der Waals surface area contributed by atoms with E-state index >= 15 is 0 Å². The highest BCUT2D eigenvalue weighted by atomic mass is 16.4. The minimum Gasteiger partial charge on any atom is -0.480 e. The second-order valence-corrected chi connectivity index (χ2v) is 2.90. The largest absolute Gasteiger partial charge is 0.480 e. The SMILES string of the molecule is CCCN(CC(=O)O)c1cccnn1. The summed E-state index contributed by atoms with van der Waals surface area (Å²) in [7, 11) is 0. The van der Waals surface area contributed by atoms with Crippen LogP contribution in [-0.2, 0) is 4.79 Å². The van der Waals surface area contributed by atoms with Crippen LogP contribution in [-0.4, -0.2) is 34.4 Å². The first-order valence-corrected chi connectivity index (χ1v) is 4.48. The van der Waals surface area contributed by atoms with Gasteiger partial charge in [-0.1, -0.05) is 6.92 Å². The van der Waals surface area contributed by atoms with E-state index in [9.17, 15) is 4.79 Å². The zero-order valence-corrected chi connectivity index (χ0v) is 8.05. The van der Waals surface area contributed by atoms with Gasteiger partial charge in [0.25, 0.3) is 0 Å². The Hall–Kier alpha value is -1.65. The van der Waals surface area contributed by atoms with Gasteiger partial charge < -0.3 is 10.0 Å². The smallest absolute Gasteiger partial charge is 0.323 e. The predicted octanol–water partition coefficient (Wildman–Crippen LogP) is 0.778. The first-order valence-electron chi connectivity index (χ1n) is 4.48. The van der Waals surface area contributed by atoms with Crippen LogP contribution in [0.2, 0.25) is 0 Å². The quantitative estimate of drug-likeness (QED) is 0.752. The maximum absolute atomic E-state index is 10.6. The van der Waals surface area contributed by atoms with Gasteiger partial charge in [-0.15, -0.1) is 5.10 Å². The molecule has 0 atom stereocenters. The molecule has 0 unspecified atom stereocenters. The Labute approximate surface area is 82.4 Å². The first kappa shape index (κ1) is 10.4. The lowest BCUT2D eigenvalue weighted by Crippen LogP contribution is -2.31. The highest BCUT2D eigenvalue weighted by Gasteiger charge is 2.10. The van der Waals surface area contributed by atoms with E-state index in [1.54, 1.807) is 23.2 Å². The third kappa shape index (κ3) is 3.01. The van der Waals surface area contributed by atoms with Gasteiger partial charge in [-0.05, 0) is 18.6 Å². The molecule has 0 spiro atoms. The summed E-state index contributed by atoms with van der Waals surface area (Å²) in [4.78, 5) is 12.3. The molecule has 0 aliphatic carbocycles. The highest BCUT2D eigenvalue weighted by molar-refractivity contribution is 5.73. The second kappa shape index (κ2) is 5.16. The minimum absolute atomic E-state index is 0.0352. The van der Waals surface area contributed by atoms with E-state index in [1.807, 2.05) is 6.92 Å². The van der Waals surface area contributed by atoms with Crippen LogP contribution in [0.1, 0.15) is 13.3 Å². The monoisotopic (exact) mass is 195 g/mol. The normalized spacial score (nSPS) is 9.79. The summed E-state index contributed by atoms with van der Waals surface area (Å²) in [5, 5.41) is 16.3. The third-order valence-electron chi connectivity index (χ3n) is 1.70. The predicted molar refractivity (Wildman–Crippen MR) is 52.2 cm³/mol. The highest BCUT2D eigenvalue weighted by Crippen LogP contribution is 2.07. The van der Waals surface area contributed by atoms with Gasteiger partial charge in [0.05, 0.1) is 0 Å². The van der Waals surface area contributed by atoms with Gasteiger partial charge in [0, 0.05) is 12.7 Å². The fraction of sp³-hybridized carbons (Fsp3) is 0.444. The minimum atomic E-state index is -0.857.